The van der Waals surface area contributed by atoms with Crippen LogP contribution < -0.4 is 10.1 Å². The van der Waals surface area contributed by atoms with Gasteiger partial charge in [-0.05, 0) is 32.4 Å². The summed E-state index contributed by atoms with van der Waals surface area (Å²) >= 11 is 17.9. The van der Waals surface area contributed by atoms with Crippen molar-refractivity contribution in [3.8, 4) is 5.75 Å². The summed E-state index contributed by atoms with van der Waals surface area (Å²) in [5.41, 5.74) is 0. The van der Waals surface area contributed by atoms with Crippen molar-refractivity contribution in [2.24, 2.45) is 0 Å². The first-order valence-corrected chi connectivity index (χ1v) is 7.58. The van der Waals surface area contributed by atoms with Gasteiger partial charge in [-0.2, -0.15) is 0 Å². The monoisotopic (exact) mass is 323 g/mol. The van der Waals surface area contributed by atoms with Crippen LogP contribution in [0.5, 0.6) is 5.75 Å². The summed E-state index contributed by atoms with van der Waals surface area (Å²) in [6.45, 7) is 7.28. The fraction of sp³-hybridized carbons (Fsp3) is 0.571. The van der Waals surface area contributed by atoms with Gasteiger partial charge in [-0.3, -0.25) is 0 Å². The lowest BCUT2D eigenvalue weighted by Crippen LogP contribution is -2.25. The zero-order valence-electron chi connectivity index (χ0n) is 11.5. The fourth-order valence-corrected chi connectivity index (χ4v) is 2.23. The van der Waals surface area contributed by atoms with Gasteiger partial charge in [0.15, 0.2) is 0 Å². The molecule has 0 radical (unpaired) electrons. The molecule has 19 heavy (non-hydrogen) atoms. The molecule has 0 amide bonds. The van der Waals surface area contributed by atoms with Gasteiger partial charge in [-0.1, -0.05) is 48.7 Å². The predicted molar refractivity (Wildman–Crippen MR) is 83.9 cm³/mol. The second kappa shape index (κ2) is 8.21. The number of rotatable bonds is 7. The van der Waals surface area contributed by atoms with Crippen LogP contribution in [0.2, 0.25) is 15.1 Å². The summed E-state index contributed by atoms with van der Waals surface area (Å²) in [5.74, 6) is 0.584. The highest BCUT2D eigenvalue weighted by molar-refractivity contribution is 6.43. The van der Waals surface area contributed by atoms with Crippen LogP contribution in [0, 0.1) is 0 Å². The lowest BCUT2D eigenvalue weighted by molar-refractivity contribution is 0.207. The third-order valence-electron chi connectivity index (χ3n) is 2.64. The van der Waals surface area contributed by atoms with E-state index in [-0.39, 0.29) is 6.10 Å². The third kappa shape index (κ3) is 6.22. The van der Waals surface area contributed by atoms with Crippen LogP contribution in [-0.2, 0) is 0 Å². The van der Waals surface area contributed by atoms with Crippen molar-refractivity contribution in [3.63, 3.8) is 0 Å². The Labute approximate surface area is 130 Å². The van der Waals surface area contributed by atoms with Gasteiger partial charge in [-0.15, -0.1) is 0 Å². The predicted octanol–water partition coefficient (Wildman–Crippen LogP) is 5.19. The molecule has 0 aromatic heterocycles. The molecule has 108 valence electrons. The van der Waals surface area contributed by atoms with Gasteiger partial charge in [0.05, 0.1) is 21.2 Å². The second-order valence-electron chi connectivity index (χ2n) is 4.88. The van der Waals surface area contributed by atoms with E-state index in [2.05, 4.69) is 19.2 Å². The standard InChI is InChI=1S/C14H20Cl3NO/c1-9(2)18-6-4-5-10(3)19-14-8-12(16)11(15)7-13(14)17/h7-10,18H,4-6H2,1-3H3. The molecule has 0 saturated carbocycles. The van der Waals surface area contributed by atoms with Crippen molar-refractivity contribution in [2.45, 2.75) is 45.8 Å². The van der Waals surface area contributed by atoms with Gasteiger partial charge in [0, 0.05) is 12.1 Å². The molecule has 0 heterocycles. The van der Waals surface area contributed by atoms with E-state index >= 15 is 0 Å². The Morgan fingerprint density at radius 1 is 1.05 bits per heavy atom. The largest absolute Gasteiger partial charge is 0.489 e. The minimum absolute atomic E-state index is 0.0868. The summed E-state index contributed by atoms with van der Waals surface area (Å²) in [6, 6.07) is 3.78. The number of ether oxygens (including phenoxy) is 1. The van der Waals surface area contributed by atoms with E-state index in [0.29, 0.717) is 26.9 Å². The summed E-state index contributed by atoms with van der Waals surface area (Å²) in [5, 5.41) is 4.75. The molecule has 0 aliphatic rings. The number of nitrogens with one attached hydrogen (secondary N) is 1. The van der Waals surface area contributed by atoms with Crippen LogP contribution in [0.3, 0.4) is 0 Å². The quantitative estimate of drug-likeness (QED) is 0.550. The molecule has 0 aliphatic carbocycles. The van der Waals surface area contributed by atoms with Gasteiger partial charge in [0.2, 0.25) is 0 Å². The Balaban J connectivity index is 2.44. The molecule has 2 nitrogen and oxygen atoms in total. The van der Waals surface area contributed by atoms with E-state index in [9.17, 15) is 0 Å². The molecule has 0 bridgehead atoms. The maximum Gasteiger partial charge on any atom is 0.139 e. The molecule has 1 N–H and O–H groups in total. The molecule has 0 saturated heterocycles. The minimum Gasteiger partial charge on any atom is -0.489 e. The van der Waals surface area contributed by atoms with Crippen molar-refractivity contribution < 1.29 is 4.74 Å². The van der Waals surface area contributed by atoms with E-state index in [1.54, 1.807) is 12.1 Å². The van der Waals surface area contributed by atoms with E-state index < -0.39 is 0 Å². The molecule has 1 unspecified atom stereocenters. The average Bonchev–Trinajstić information content (AvgIpc) is 2.31. The summed E-state index contributed by atoms with van der Waals surface area (Å²) in [7, 11) is 0. The molecule has 5 heteroatoms. The molecule has 1 atom stereocenters. The van der Waals surface area contributed by atoms with Crippen LogP contribution in [0.4, 0.5) is 0 Å². The molecule has 1 rings (SSSR count). The summed E-state index contributed by atoms with van der Waals surface area (Å²) < 4.78 is 5.79. The van der Waals surface area contributed by atoms with Gasteiger partial charge in [0.25, 0.3) is 0 Å². The number of halogens is 3. The second-order valence-corrected chi connectivity index (χ2v) is 6.10. The van der Waals surface area contributed by atoms with E-state index in [4.69, 9.17) is 39.5 Å². The van der Waals surface area contributed by atoms with Crippen molar-refractivity contribution in [2.75, 3.05) is 6.54 Å². The first-order valence-electron chi connectivity index (χ1n) is 6.44. The zero-order valence-corrected chi connectivity index (χ0v) is 13.7. The highest BCUT2D eigenvalue weighted by atomic mass is 35.5. The maximum absolute atomic E-state index is 6.07. The van der Waals surface area contributed by atoms with Crippen molar-refractivity contribution in [1.82, 2.24) is 5.32 Å². The molecule has 0 fully saturated rings. The number of hydrogen-bond acceptors (Lipinski definition) is 2. The van der Waals surface area contributed by atoms with Crippen molar-refractivity contribution in [1.29, 1.82) is 0 Å². The SMILES string of the molecule is CC(C)NCCCC(C)Oc1cc(Cl)c(Cl)cc1Cl. The van der Waals surface area contributed by atoms with Gasteiger partial charge < -0.3 is 10.1 Å². The Morgan fingerprint density at radius 3 is 2.32 bits per heavy atom. The normalized spacial score (nSPS) is 12.8. The minimum atomic E-state index is 0.0868. The topological polar surface area (TPSA) is 21.3 Å². The Bertz CT molecular complexity index is 410. The van der Waals surface area contributed by atoms with E-state index in [1.807, 2.05) is 6.92 Å². The molecular weight excluding hydrogens is 305 g/mol. The van der Waals surface area contributed by atoms with Gasteiger partial charge in [-0.25, -0.2) is 0 Å². The van der Waals surface area contributed by atoms with Gasteiger partial charge in [0.1, 0.15) is 5.75 Å². The highest BCUT2D eigenvalue weighted by Gasteiger charge is 2.10. The zero-order chi connectivity index (χ0) is 14.4. The third-order valence-corrected chi connectivity index (χ3v) is 3.66. The molecule has 1 aromatic carbocycles. The lowest BCUT2D eigenvalue weighted by Gasteiger charge is -2.17. The highest BCUT2D eigenvalue weighted by Crippen LogP contribution is 2.34. The first kappa shape index (κ1) is 16.9. The molecule has 0 aliphatic heterocycles. The molecular formula is C14H20Cl3NO. The van der Waals surface area contributed by atoms with Gasteiger partial charge >= 0.3 is 0 Å². The van der Waals surface area contributed by atoms with E-state index in [1.165, 1.54) is 0 Å². The Morgan fingerprint density at radius 2 is 1.68 bits per heavy atom. The Hall–Kier alpha value is -0.150. The Kier molecular flexibility index (Phi) is 7.30. The number of hydrogen-bond donors (Lipinski definition) is 1. The van der Waals surface area contributed by atoms with Crippen LogP contribution >= 0.6 is 34.8 Å². The van der Waals surface area contributed by atoms with Crippen LogP contribution in [0.1, 0.15) is 33.6 Å². The smallest absolute Gasteiger partial charge is 0.139 e. The average molecular weight is 325 g/mol. The summed E-state index contributed by atoms with van der Waals surface area (Å²) in [6.07, 6.45) is 2.10. The van der Waals surface area contributed by atoms with Crippen molar-refractivity contribution in [3.05, 3.63) is 27.2 Å². The lowest BCUT2D eigenvalue weighted by atomic mass is 10.2. The molecule has 0 spiro atoms. The van der Waals surface area contributed by atoms with Crippen molar-refractivity contribution >= 4 is 34.8 Å². The summed E-state index contributed by atoms with van der Waals surface area (Å²) in [4.78, 5) is 0. The van der Waals surface area contributed by atoms with Crippen LogP contribution in [-0.4, -0.2) is 18.7 Å². The van der Waals surface area contributed by atoms with Crippen LogP contribution in [0.25, 0.3) is 0 Å². The fourth-order valence-electron chi connectivity index (χ4n) is 1.65. The van der Waals surface area contributed by atoms with E-state index in [0.717, 1.165) is 19.4 Å². The molecule has 1 aromatic rings. The van der Waals surface area contributed by atoms with Crippen LogP contribution in [0.15, 0.2) is 12.1 Å². The first-order chi connectivity index (χ1) is 8.90. The maximum atomic E-state index is 6.07. The number of benzene rings is 1.